The number of phosphoric ester groups is 2. The van der Waals surface area contributed by atoms with Gasteiger partial charge in [-0.2, -0.15) is 0 Å². The van der Waals surface area contributed by atoms with Gasteiger partial charge in [0.15, 0.2) is 12.2 Å². The zero-order chi connectivity index (χ0) is 72.8. The van der Waals surface area contributed by atoms with Crippen LogP contribution in [0.3, 0.4) is 0 Å². The minimum atomic E-state index is -4.96. The molecular weight excluding hydrogens is 1290 g/mol. The predicted molar refractivity (Wildman–Crippen MR) is 405 cm³/mol. The molecule has 0 amide bonds. The third-order valence-corrected chi connectivity index (χ3v) is 20.6. The SMILES string of the molecule is CCCCCCCCCCCCCCCCCCCCC(=O)O[C@H](COC(=O)CCCCCCCCCCCCCC(C)C)COP(=O)(O)OC[C@@H](O)COP(=O)(O)OC[C@@H](COC(=O)CCCCCCCCCCCCC(C)C)OC(=O)CCCCCCCCCCCCCCCC. The van der Waals surface area contributed by atoms with E-state index in [2.05, 4.69) is 41.5 Å². The van der Waals surface area contributed by atoms with Gasteiger partial charge in [-0.15, -0.1) is 0 Å². The third kappa shape index (κ3) is 74.1. The van der Waals surface area contributed by atoms with Crippen LogP contribution in [0.5, 0.6) is 0 Å². The van der Waals surface area contributed by atoms with Gasteiger partial charge in [0.25, 0.3) is 0 Å². The molecule has 0 spiro atoms. The molecule has 0 aromatic carbocycles. The van der Waals surface area contributed by atoms with Gasteiger partial charge in [-0.3, -0.25) is 37.3 Å². The van der Waals surface area contributed by atoms with Gasteiger partial charge in [-0.25, -0.2) is 9.13 Å². The Morgan fingerprint density at radius 1 is 0.273 bits per heavy atom. The number of carbonyl (C=O) groups excluding carboxylic acids is 4. The van der Waals surface area contributed by atoms with Crippen LogP contribution >= 0.6 is 15.6 Å². The van der Waals surface area contributed by atoms with Gasteiger partial charge in [0.1, 0.15) is 19.3 Å². The number of unbranched alkanes of at least 4 members (excludes halogenated alkanes) is 49. The lowest BCUT2D eigenvalue weighted by Gasteiger charge is -2.21. The van der Waals surface area contributed by atoms with Crippen molar-refractivity contribution < 1.29 is 80.2 Å². The molecule has 588 valence electrons. The molecule has 0 rings (SSSR count). The topological polar surface area (TPSA) is 237 Å². The molecule has 0 saturated heterocycles. The average molecular weight is 1450 g/mol. The highest BCUT2D eigenvalue weighted by atomic mass is 31.2. The molecule has 0 aliphatic heterocycles. The molecule has 0 bridgehead atoms. The maximum atomic E-state index is 13.1. The highest BCUT2D eigenvalue weighted by molar-refractivity contribution is 7.47. The quantitative estimate of drug-likeness (QED) is 0.0222. The number of aliphatic hydroxyl groups is 1. The average Bonchev–Trinajstić information content (AvgIpc) is 1.00. The summed E-state index contributed by atoms with van der Waals surface area (Å²) in [6.45, 7) is 9.63. The number of aliphatic hydroxyl groups excluding tert-OH is 1. The van der Waals surface area contributed by atoms with E-state index in [4.69, 9.17) is 37.0 Å². The Kier molecular flexibility index (Phi) is 70.3. The Bertz CT molecular complexity index is 1910. The summed E-state index contributed by atoms with van der Waals surface area (Å²) in [5.41, 5.74) is 0. The summed E-state index contributed by atoms with van der Waals surface area (Å²) in [6.07, 6.45) is 60.9. The van der Waals surface area contributed by atoms with Crippen molar-refractivity contribution in [1.82, 2.24) is 0 Å². The molecular formula is C80H156O17P2. The van der Waals surface area contributed by atoms with Crippen LogP contribution in [0.15, 0.2) is 0 Å². The predicted octanol–water partition coefficient (Wildman–Crippen LogP) is 23.9. The first-order valence-corrected chi connectivity index (χ1v) is 44.5. The molecule has 19 heteroatoms. The second-order valence-corrected chi connectivity index (χ2v) is 32.7. The monoisotopic (exact) mass is 1450 g/mol. The minimum Gasteiger partial charge on any atom is -0.462 e. The van der Waals surface area contributed by atoms with Gasteiger partial charge in [-0.05, 0) is 37.5 Å². The minimum absolute atomic E-state index is 0.108. The van der Waals surface area contributed by atoms with Crippen LogP contribution in [0.4, 0.5) is 0 Å². The molecule has 17 nitrogen and oxygen atoms in total. The standard InChI is InChI=1S/C80H156O17P2/c1-7-9-11-13-15-17-19-21-23-24-25-26-28-32-41-47-53-59-65-80(85)96-75(68-90-77(82)62-56-50-44-38-33-29-30-36-42-48-54-60-72(3)4)70-94-98(86,87)92-66-74(81)67-93-99(88,89)95-71-76(69-91-78(83)63-57-51-45-39-35-34-37-43-49-55-61-73(5)6)97-79(84)64-58-52-46-40-31-27-22-20-18-16-14-12-10-8-2/h72-76,81H,7-71H2,1-6H3,(H,86,87)(H,88,89)/t74-,75-,76-/m1/s1. The fourth-order valence-electron chi connectivity index (χ4n) is 12.4. The molecule has 0 radical (unpaired) electrons. The zero-order valence-corrected chi connectivity index (χ0v) is 66.6. The molecule has 0 aliphatic carbocycles. The molecule has 3 N–H and O–H groups in total. The molecule has 99 heavy (non-hydrogen) atoms. The highest BCUT2D eigenvalue weighted by Gasteiger charge is 2.30. The molecule has 0 aromatic rings. The lowest BCUT2D eigenvalue weighted by molar-refractivity contribution is -0.161. The first-order valence-electron chi connectivity index (χ1n) is 41.5. The number of esters is 4. The normalized spacial score (nSPS) is 13.9. The van der Waals surface area contributed by atoms with Gasteiger partial charge in [0.2, 0.25) is 0 Å². The molecule has 5 atom stereocenters. The summed E-state index contributed by atoms with van der Waals surface area (Å²) in [7, 11) is -9.92. The van der Waals surface area contributed by atoms with E-state index < -0.39 is 97.5 Å². The first kappa shape index (κ1) is 97.1. The van der Waals surface area contributed by atoms with Crippen molar-refractivity contribution in [3.63, 3.8) is 0 Å². The van der Waals surface area contributed by atoms with Gasteiger partial charge < -0.3 is 33.8 Å². The summed E-state index contributed by atoms with van der Waals surface area (Å²) >= 11 is 0. The smallest absolute Gasteiger partial charge is 0.462 e. The van der Waals surface area contributed by atoms with E-state index in [1.54, 1.807) is 0 Å². The van der Waals surface area contributed by atoms with Crippen LogP contribution in [0, 0.1) is 11.8 Å². The number of ether oxygens (including phenoxy) is 4. The van der Waals surface area contributed by atoms with E-state index in [-0.39, 0.29) is 25.7 Å². The summed E-state index contributed by atoms with van der Waals surface area (Å²) in [6, 6.07) is 0. The van der Waals surface area contributed by atoms with E-state index in [1.807, 2.05) is 0 Å². The van der Waals surface area contributed by atoms with Crippen LogP contribution in [0.2, 0.25) is 0 Å². The van der Waals surface area contributed by atoms with Crippen LogP contribution < -0.4 is 0 Å². The van der Waals surface area contributed by atoms with E-state index in [0.717, 1.165) is 102 Å². The van der Waals surface area contributed by atoms with E-state index in [0.29, 0.717) is 25.7 Å². The van der Waals surface area contributed by atoms with E-state index >= 15 is 0 Å². The number of carbonyl (C=O) groups is 4. The summed E-state index contributed by atoms with van der Waals surface area (Å²) in [5.74, 6) is -0.578. The molecule has 0 aliphatic rings. The van der Waals surface area contributed by atoms with Crippen molar-refractivity contribution in [1.29, 1.82) is 0 Å². The van der Waals surface area contributed by atoms with Crippen molar-refractivity contribution in [2.45, 2.75) is 439 Å². The van der Waals surface area contributed by atoms with E-state index in [9.17, 15) is 43.2 Å². The summed E-state index contributed by atoms with van der Waals surface area (Å²) < 4.78 is 68.7. The fraction of sp³-hybridized carbons (Fsp3) is 0.950. The van der Waals surface area contributed by atoms with Gasteiger partial charge in [0, 0.05) is 25.7 Å². The largest absolute Gasteiger partial charge is 0.472 e. The number of rotatable bonds is 79. The lowest BCUT2D eigenvalue weighted by atomic mass is 10.0. The number of phosphoric acid groups is 2. The van der Waals surface area contributed by atoms with Gasteiger partial charge in [-0.1, -0.05) is 369 Å². The fourth-order valence-corrected chi connectivity index (χ4v) is 13.9. The van der Waals surface area contributed by atoms with Crippen molar-refractivity contribution in [2.75, 3.05) is 39.6 Å². The maximum absolute atomic E-state index is 13.1. The lowest BCUT2D eigenvalue weighted by Crippen LogP contribution is -2.30. The Balaban J connectivity index is 5.26. The maximum Gasteiger partial charge on any atom is 0.472 e. The Labute approximate surface area is 607 Å². The molecule has 0 saturated carbocycles. The Morgan fingerprint density at radius 2 is 0.465 bits per heavy atom. The number of hydrogen-bond donors (Lipinski definition) is 3. The summed E-state index contributed by atoms with van der Waals surface area (Å²) in [5, 5.41) is 10.6. The highest BCUT2D eigenvalue weighted by Crippen LogP contribution is 2.45. The Morgan fingerprint density at radius 3 is 0.687 bits per heavy atom. The van der Waals surface area contributed by atoms with Crippen LogP contribution in [-0.4, -0.2) is 96.7 Å². The molecule has 2 unspecified atom stereocenters. The zero-order valence-electron chi connectivity index (χ0n) is 64.8. The van der Waals surface area contributed by atoms with Crippen LogP contribution in [-0.2, 0) is 65.4 Å². The Hall–Kier alpha value is -1.94. The van der Waals surface area contributed by atoms with Crippen molar-refractivity contribution in [2.24, 2.45) is 11.8 Å². The molecule has 0 aromatic heterocycles. The van der Waals surface area contributed by atoms with Crippen molar-refractivity contribution in [3.05, 3.63) is 0 Å². The number of hydrogen-bond acceptors (Lipinski definition) is 15. The summed E-state index contributed by atoms with van der Waals surface area (Å²) in [4.78, 5) is 73.0. The van der Waals surface area contributed by atoms with Gasteiger partial charge >= 0.3 is 39.5 Å². The second-order valence-electron chi connectivity index (χ2n) is 29.8. The molecule has 0 fully saturated rings. The van der Waals surface area contributed by atoms with Crippen LogP contribution in [0.1, 0.15) is 420 Å². The van der Waals surface area contributed by atoms with Crippen molar-refractivity contribution >= 4 is 39.5 Å². The van der Waals surface area contributed by atoms with E-state index in [1.165, 1.54) is 238 Å². The third-order valence-electron chi connectivity index (χ3n) is 18.7. The molecule has 0 heterocycles. The first-order chi connectivity index (χ1) is 47.9. The van der Waals surface area contributed by atoms with Crippen molar-refractivity contribution in [3.8, 4) is 0 Å². The van der Waals surface area contributed by atoms with Crippen LogP contribution in [0.25, 0.3) is 0 Å². The van der Waals surface area contributed by atoms with Gasteiger partial charge in [0.05, 0.1) is 26.4 Å². The second kappa shape index (κ2) is 71.7.